The number of hydrogen-bond acceptors (Lipinski definition) is 5. The summed E-state index contributed by atoms with van der Waals surface area (Å²) >= 11 is 7.88. The van der Waals surface area contributed by atoms with Crippen LogP contribution in [0.4, 0.5) is 4.79 Å². The summed E-state index contributed by atoms with van der Waals surface area (Å²) in [5.74, 6) is 0.654. The molecule has 2 heterocycles. The first-order chi connectivity index (χ1) is 14.3. The van der Waals surface area contributed by atoms with Crippen LogP contribution in [0.3, 0.4) is 0 Å². The third kappa shape index (κ3) is 4.00. The van der Waals surface area contributed by atoms with Gasteiger partial charge in [0.05, 0.1) is 11.1 Å². The van der Waals surface area contributed by atoms with Crippen molar-refractivity contribution in [3.63, 3.8) is 0 Å². The molecule has 2 aromatic carbocycles. The van der Waals surface area contributed by atoms with Crippen molar-refractivity contribution in [2.24, 2.45) is 0 Å². The largest absolute Gasteiger partial charge is 0.489 e. The third-order valence-corrected chi connectivity index (χ3v) is 6.46. The van der Waals surface area contributed by atoms with Crippen LogP contribution in [0.25, 0.3) is 21.1 Å². The van der Waals surface area contributed by atoms with E-state index in [-0.39, 0.29) is 6.10 Å². The van der Waals surface area contributed by atoms with Crippen LogP contribution < -0.4 is 4.74 Å². The highest BCUT2D eigenvalue weighted by molar-refractivity contribution is 7.17. The Kier molecular flexibility index (Phi) is 5.66. The number of nitrogens with zero attached hydrogens (tertiary/aromatic N) is 3. The van der Waals surface area contributed by atoms with Crippen molar-refractivity contribution in [2.75, 3.05) is 6.54 Å². The Labute approximate surface area is 184 Å². The Morgan fingerprint density at radius 3 is 2.70 bits per heavy atom. The van der Waals surface area contributed by atoms with Crippen LogP contribution in [0.15, 0.2) is 30.3 Å². The number of benzene rings is 2. The molecule has 0 aliphatic carbocycles. The average Bonchev–Trinajstić information content (AvgIpc) is 3.19. The topological polar surface area (TPSA) is 75.6 Å². The second-order valence-electron chi connectivity index (χ2n) is 7.55. The first-order valence-corrected chi connectivity index (χ1v) is 10.9. The molecule has 0 radical (unpaired) electrons. The van der Waals surface area contributed by atoms with Crippen molar-refractivity contribution < 1.29 is 14.6 Å². The van der Waals surface area contributed by atoms with Crippen molar-refractivity contribution in [1.29, 1.82) is 0 Å². The van der Waals surface area contributed by atoms with Crippen molar-refractivity contribution in [3.8, 4) is 26.9 Å². The van der Waals surface area contributed by atoms with Gasteiger partial charge in [-0.15, -0.1) is 10.2 Å². The maximum absolute atomic E-state index is 11.3. The Morgan fingerprint density at radius 1 is 1.23 bits per heavy atom. The van der Waals surface area contributed by atoms with Gasteiger partial charge in [0.25, 0.3) is 0 Å². The lowest BCUT2D eigenvalue weighted by Crippen LogP contribution is -2.35. The summed E-state index contributed by atoms with van der Waals surface area (Å²) in [6.07, 6.45) is -0.115. The SMILES string of the molecule is Cc1c(-c2nnc(-c3ccc(OC(C)C)c(Cl)c3)s2)ccc2c1CCN(C(=O)O)C2. The van der Waals surface area contributed by atoms with Gasteiger partial charge >= 0.3 is 6.09 Å². The molecule has 0 bridgehead atoms. The van der Waals surface area contributed by atoms with Gasteiger partial charge in [-0.05, 0) is 62.1 Å². The molecule has 30 heavy (non-hydrogen) atoms. The summed E-state index contributed by atoms with van der Waals surface area (Å²) in [5, 5.41) is 20.2. The molecule has 1 N–H and O–H groups in total. The van der Waals surface area contributed by atoms with E-state index in [1.807, 2.05) is 44.2 Å². The van der Waals surface area contributed by atoms with Gasteiger partial charge < -0.3 is 14.7 Å². The summed E-state index contributed by atoms with van der Waals surface area (Å²) < 4.78 is 5.70. The molecule has 0 saturated carbocycles. The highest BCUT2D eigenvalue weighted by Crippen LogP contribution is 2.37. The molecule has 1 aromatic heterocycles. The zero-order valence-corrected chi connectivity index (χ0v) is 18.5. The van der Waals surface area contributed by atoms with E-state index in [0.29, 0.717) is 30.3 Å². The van der Waals surface area contributed by atoms with Crippen LogP contribution in [0, 0.1) is 6.92 Å². The third-order valence-electron chi connectivity index (χ3n) is 5.16. The number of carboxylic acid groups (broad SMARTS) is 1. The quantitative estimate of drug-likeness (QED) is 0.563. The van der Waals surface area contributed by atoms with Crippen LogP contribution >= 0.6 is 22.9 Å². The van der Waals surface area contributed by atoms with E-state index in [4.69, 9.17) is 16.3 Å². The molecule has 1 aliphatic heterocycles. The van der Waals surface area contributed by atoms with Crippen LogP contribution in [0.2, 0.25) is 5.02 Å². The lowest BCUT2D eigenvalue weighted by atomic mass is 9.92. The van der Waals surface area contributed by atoms with Gasteiger partial charge in [0.15, 0.2) is 0 Å². The van der Waals surface area contributed by atoms with Crippen LogP contribution in [0.1, 0.15) is 30.5 Å². The molecule has 4 rings (SSSR count). The molecule has 8 heteroatoms. The molecule has 0 fully saturated rings. The number of halogens is 1. The van der Waals surface area contributed by atoms with Crippen molar-refractivity contribution in [2.45, 2.75) is 39.8 Å². The second kappa shape index (κ2) is 8.24. The molecule has 6 nitrogen and oxygen atoms in total. The summed E-state index contributed by atoms with van der Waals surface area (Å²) in [6, 6.07) is 9.66. The van der Waals surface area contributed by atoms with Gasteiger partial charge in [-0.1, -0.05) is 35.1 Å². The summed E-state index contributed by atoms with van der Waals surface area (Å²) in [6.45, 7) is 6.93. The summed E-state index contributed by atoms with van der Waals surface area (Å²) in [5.41, 5.74) is 5.33. The minimum Gasteiger partial charge on any atom is -0.489 e. The maximum atomic E-state index is 11.3. The van der Waals surface area contributed by atoms with Gasteiger partial charge in [-0.3, -0.25) is 0 Å². The van der Waals surface area contributed by atoms with Crippen molar-refractivity contribution in [1.82, 2.24) is 15.1 Å². The average molecular weight is 444 g/mol. The van der Waals surface area contributed by atoms with Crippen LogP contribution in [-0.4, -0.2) is 38.9 Å². The van der Waals surface area contributed by atoms with E-state index in [9.17, 15) is 9.90 Å². The van der Waals surface area contributed by atoms with E-state index in [1.54, 1.807) is 0 Å². The fourth-order valence-electron chi connectivity index (χ4n) is 3.67. The fraction of sp³-hybridized carbons (Fsp3) is 0.318. The van der Waals surface area contributed by atoms with Gasteiger partial charge in [0.1, 0.15) is 15.8 Å². The minimum absolute atomic E-state index is 0.0519. The molecule has 0 spiro atoms. The Morgan fingerprint density at radius 2 is 2.00 bits per heavy atom. The summed E-state index contributed by atoms with van der Waals surface area (Å²) in [7, 11) is 0. The monoisotopic (exact) mass is 443 g/mol. The van der Waals surface area contributed by atoms with E-state index >= 15 is 0 Å². The van der Waals surface area contributed by atoms with Gasteiger partial charge in [-0.25, -0.2) is 4.79 Å². The van der Waals surface area contributed by atoms with Gasteiger partial charge in [0, 0.05) is 24.2 Å². The Balaban J connectivity index is 1.62. The molecule has 0 saturated heterocycles. The highest BCUT2D eigenvalue weighted by atomic mass is 35.5. The number of aromatic nitrogens is 2. The molecular weight excluding hydrogens is 422 g/mol. The van der Waals surface area contributed by atoms with Crippen LogP contribution in [0.5, 0.6) is 5.75 Å². The van der Waals surface area contributed by atoms with E-state index in [0.717, 1.165) is 32.3 Å². The lowest BCUT2D eigenvalue weighted by Gasteiger charge is -2.28. The van der Waals surface area contributed by atoms with E-state index in [1.165, 1.54) is 21.8 Å². The predicted octanol–water partition coefficient (Wildman–Crippen LogP) is 5.66. The maximum Gasteiger partial charge on any atom is 0.407 e. The number of amides is 1. The Hall–Kier alpha value is -2.64. The minimum atomic E-state index is -0.875. The number of rotatable bonds is 4. The molecule has 0 unspecified atom stereocenters. The van der Waals surface area contributed by atoms with Crippen molar-refractivity contribution >= 4 is 29.0 Å². The smallest absolute Gasteiger partial charge is 0.407 e. The zero-order chi connectivity index (χ0) is 21.4. The van der Waals surface area contributed by atoms with Gasteiger partial charge in [0.2, 0.25) is 0 Å². The number of fused-ring (bicyclic) bond motifs is 1. The second-order valence-corrected chi connectivity index (χ2v) is 8.94. The van der Waals surface area contributed by atoms with E-state index in [2.05, 4.69) is 17.1 Å². The molecule has 1 aliphatic rings. The molecule has 3 aromatic rings. The molecule has 156 valence electrons. The number of carbonyl (C=O) groups is 1. The highest BCUT2D eigenvalue weighted by Gasteiger charge is 2.23. The molecule has 0 atom stereocenters. The normalized spacial score (nSPS) is 13.4. The first-order valence-electron chi connectivity index (χ1n) is 9.73. The lowest BCUT2D eigenvalue weighted by molar-refractivity contribution is 0.140. The fourth-order valence-corrected chi connectivity index (χ4v) is 4.82. The van der Waals surface area contributed by atoms with Gasteiger partial charge in [-0.2, -0.15) is 0 Å². The molecule has 1 amide bonds. The zero-order valence-electron chi connectivity index (χ0n) is 17.0. The van der Waals surface area contributed by atoms with Crippen LogP contribution in [-0.2, 0) is 13.0 Å². The number of hydrogen-bond donors (Lipinski definition) is 1. The first kappa shape index (κ1) is 20.6. The number of ether oxygens (including phenoxy) is 1. The van der Waals surface area contributed by atoms with E-state index < -0.39 is 6.09 Å². The summed E-state index contributed by atoms with van der Waals surface area (Å²) in [4.78, 5) is 12.7. The molecular formula is C22H22ClN3O3S. The van der Waals surface area contributed by atoms with Crippen molar-refractivity contribution in [3.05, 3.63) is 52.0 Å². The predicted molar refractivity (Wildman–Crippen MR) is 118 cm³/mol. The standard InChI is InChI=1S/C22H22ClN3O3S/c1-12(2)29-19-7-5-14(10-18(19)23)20-24-25-21(30-20)17-6-4-15-11-26(22(27)28)9-8-16(15)13(17)3/h4-7,10,12H,8-9,11H2,1-3H3,(H,27,28). The Bertz CT molecular complexity index is 1110.